The molecule has 0 bridgehead atoms. The second-order valence-corrected chi connectivity index (χ2v) is 3.39. The van der Waals surface area contributed by atoms with Crippen molar-refractivity contribution in [2.24, 2.45) is 0 Å². The molecule has 0 heterocycles. The number of rotatable bonds is 5. The maximum absolute atomic E-state index is 11.4. The molecule has 0 aliphatic carbocycles. The third-order valence-electron chi connectivity index (χ3n) is 2.02. The zero-order valence-corrected chi connectivity index (χ0v) is 9.84. The summed E-state index contributed by atoms with van der Waals surface area (Å²) in [6.45, 7) is 0.918. The van der Waals surface area contributed by atoms with E-state index in [0.717, 1.165) is 7.11 Å². The molecule has 0 aliphatic heterocycles. The Hall–Kier alpha value is -2.44. The monoisotopic (exact) mass is 253 g/mol. The van der Waals surface area contributed by atoms with Gasteiger partial charge in [0.25, 0.3) is 0 Å². The molecule has 7 nitrogen and oxygen atoms in total. The predicted molar refractivity (Wildman–Crippen MR) is 60.6 cm³/mol. The Morgan fingerprint density at radius 2 is 2.06 bits per heavy atom. The van der Waals surface area contributed by atoms with E-state index in [2.05, 4.69) is 4.74 Å². The lowest BCUT2D eigenvalue weighted by atomic mass is 10.1. The second-order valence-electron chi connectivity index (χ2n) is 3.39. The molecular formula is C11H11NO6. The van der Waals surface area contributed by atoms with Crippen LogP contribution in [0.4, 0.5) is 5.69 Å². The molecule has 1 rings (SSSR count). The number of methoxy groups -OCH3 is 1. The molecule has 1 aromatic rings. The molecule has 0 aliphatic rings. The number of carbonyl (C=O) groups is 2. The summed E-state index contributed by atoms with van der Waals surface area (Å²) in [7, 11) is 1.15. The van der Waals surface area contributed by atoms with Crippen LogP contribution in [0.5, 0.6) is 5.75 Å². The molecule has 1 aromatic carbocycles. The Labute approximate surface area is 102 Å². The minimum atomic E-state index is -0.766. The van der Waals surface area contributed by atoms with Crippen molar-refractivity contribution in [3.63, 3.8) is 0 Å². The summed E-state index contributed by atoms with van der Waals surface area (Å²) in [6, 6.07) is 3.85. The molecule has 18 heavy (non-hydrogen) atoms. The molecule has 0 amide bonds. The summed E-state index contributed by atoms with van der Waals surface area (Å²) in [5.41, 5.74) is -0.480. The van der Waals surface area contributed by atoms with Crippen molar-refractivity contribution in [1.82, 2.24) is 0 Å². The van der Waals surface area contributed by atoms with Gasteiger partial charge in [-0.25, -0.2) is 4.79 Å². The van der Waals surface area contributed by atoms with Crippen LogP contribution in [0, 0.1) is 10.1 Å². The standard InChI is InChI=1S/C11H11NO6/c1-7(13)6-18-10-8(11(14)17-2)4-3-5-9(10)12(15)16/h3-5H,6H2,1-2H3. The normalized spacial score (nSPS) is 9.67. The first kappa shape index (κ1) is 13.6. The predicted octanol–water partition coefficient (Wildman–Crippen LogP) is 1.35. The highest BCUT2D eigenvalue weighted by Crippen LogP contribution is 2.31. The van der Waals surface area contributed by atoms with Crippen molar-refractivity contribution < 1.29 is 24.0 Å². The molecule has 0 fully saturated rings. The van der Waals surface area contributed by atoms with E-state index in [-0.39, 0.29) is 29.4 Å². The Morgan fingerprint density at radius 3 is 2.56 bits per heavy atom. The Kier molecular flexibility index (Phi) is 4.36. The van der Waals surface area contributed by atoms with Crippen molar-refractivity contribution in [2.45, 2.75) is 6.92 Å². The quantitative estimate of drug-likeness (QED) is 0.446. The summed E-state index contributed by atoms with van der Waals surface area (Å²) in [5, 5.41) is 10.8. The molecule has 0 aromatic heterocycles. The fourth-order valence-electron chi connectivity index (χ4n) is 1.26. The number of ether oxygens (including phenoxy) is 2. The number of nitrogens with zero attached hydrogens (tertiary/aromatic N) is 1. The van der Waals surface area contributed by atoms with E-state index in [1.54, 1.807) is 0 Å². The third-order valence-corrected chi connectivity index (χ3v) is 2.02. The van der Waals surface area contributed by atoms with Gasteiger partial charge in [-0.05, 0) is 13.0 Å². The van der Waals surface area contributed by atoms with E-state index in [4.69, 9.17) is 4.74 Å². The molecule has 0 radical (unpaired) electrons. The highest BCUT2D eigenvalue weighted by Gasteiger charge is 2.24. The molecule has 7 heteroatoms. The lowest BCUT2D eigenvalue weighted by Gasteiger charge is -2.09. The van der Waals surface area contributed by atoms with Crippen LogP contribution in [0.25, 0.3) is 0 Å². The van der Waals surface area contributed by atoms with E-state index in [1.165, 1.54) is 25.1 Å². The lowest BCUT2D eigenvalue weighted by Crippen LogP contribution is -2.12. The van der Waals surface area contributed by atoms with E-state index in [0.29, 0.717) is 0 Å². The Morgan fingerprint density at radius 1 is 1.39 bits per heavy atom. The van der Waals surface area contributed by atoms with Gasteiger partial charge in [0, 0.05) is 6.07 Å². The third kappa shape index (κ3) is 3.03. The van der Waals surface area contributed by atoms with E-state index < -0.39 is 10.9 Å². The van der Waals surface area contributed by atoms with Crippen LogP contribution < -0.4 is 4.74 Å². The average molecular weight is 253 g/mol. The van der Waals surface area contributed by atoms with E-state index in [1.807, 2.05) is 0 Å². The van der Waals surface area contributed by atoms with Gasteiger partial charge in [0.05, 0.1) is 12.0 Å². The lowest BCUT2D eigenvalue weighted by molar-refractivity contribution is -0.385. The largest absolute Gasteiger partial charge is 0.478 e. The van der Waals surface area contributed by atoms with Gasteiger partial charge in [-0.2, -0.15) is 0 Å². The summed E-state index contributed by atoms with van der Waals surface area (Å²) >= 11 is 0. The van der Waals surface area contributed by atoms with E-state index >= 15 is 0 Å². The molecule has 0 spiro atoms. The van der Waals surface area contributed by atoms with Crippen LogP contribution in [-0.2, 0) is 9.53 Å². The van der Waals surface area contributed by atoms with Gasteiger partial charge in [-0.15, -0.1) is 0 Å². The number of esters is 1. The zero-order chi connectivity index (χ0) is 13.7. The number of nitro benzene ring substituents is 1. The van der Waals surface area contributed by atoms with Crippen molar-refractivity contribution in [3.05, 3.63) is 33.9 Å². The van der Waals surface area contributed by atoms with Gasteiger partial charge in [-0.3, -0.25) is 14.9 Å². The van der Waals surface area contributed by atoms with Crippen molar-refractivity contribution >= 4 is 17.4 Å². The molecule has 0 atom stereocenters. The average Bonchev–Trinajstić information content (AvgIpc) is 2.34. The van der Waals surface area contributed by atoms with Gasteiger partial charge in [0.15, 0.2) is 5.78 Å². The minimum absolute atomic E-state index is 0.0899. The number of benzene rings is 1. The van der Waals surface area contributed by atoms with Gasteiger partial charge >= 0.3 is 11.7 Å². The van der Waals surface area contributed by atoms with Crippen LogP contribution in [0.15, 0.2) is 18.2 Å². The molecular weight excluding hydrogens is 242 g/mol. The number of Topliss-reactive ketones (excluding diaryl/α,β-unsaturated/α-hetero) is 1. The van der Waals surface area contributed by atoms with Crippen LogP contribution in [-0.4, -0.2) is 30.4 Å². The summed E-state index contributed by atoms with van der Waals surface area (Å²) < 4.78 is 9.51. The molecule has 0 N–H and O–H groups in total. The Balaban J connectivity index is 3.24. The first-order valence-corrected chi connectivity index (χ1v) is 4.95. The number of hydrogen-bond donors (Lipinski definition) is 0. The van der Waals surface area contributed by atoms with Crippen LogP contribution in [0.2, 0.25) is 0 Å². The fraction of sp³-hybridized carbons (Fsp3) is 0.273. The van der Waals surface area contributed by atoms with Crippen LogP contribution in [0.3, 0.4) is 0 Å². The number of nitro groups is 1. The van der Waals surface area contributed by atoms with Crippen molar-refractivity contribution in [2.75, 3.05) is 13.7 Å². The summed E-state index contributed by atoms with van der Waals surface area (Å²) in [6.07, 6.45) is 0. The first-order chi connectivity index (χ1) is 8.47. The molecule has 0 unspecified atom stereocenters. The van der Waals surface area contributed by atoms with Crippen molar-refractivity contribution in [3.8, 4) is 5.75 Å². The SMILES string of the molecule is COC(=O)c1cccc([N+](=O)[O-])c1OCC(C)=O. The maximum atomic E-state index is 11.4. The maximum Gasteiger partial charge on any atom is 0.341 e. The van der Waals surface area contributed by atoms with Gasteiger partial charge in [0.2, 0.25) is 5.75 Å². The van der Waals surface area contributed by atoms with E-state index in [9.17, 15) is 19.7 Å². The van der Waals surface area contributed by atoms with Gasteiger partial charge in [-0.1, -0.05) is 6.07 Å². The van der Waals surface area contributed by atoms with Gasteiger partial charge < -0.3 is 9.47 Å². The molecule has 96 valence electrons. The summed E-state index contributed by atoms with van der Waals surface area (Å²) in [4.78, 5) is 32.4. The second kappa shape index (κ2) is 5.76. The number of hydrogen-bond acceptors (Lipinski definition) is 6. The fourth-order valence-corrected chi connectivity index (χ4v) is 1.26. The summed E-state index contributed by atoms with van der Waals surface area (Å²) in [5.74, 6) is -1.34. The number of para-hydroxylation sites is 1. The highest BCUT2D eigenvalue weighted by molar-refractivity contribution is 5.94. The van der Waals surface area contributed by atoms with Crippen LogP contribution in [0.1, 0.15) is 17.3 Å². The molecule has 0 saturated carbocycles. The minimum Gasteiger partial charge on any atom is -0.478 e. The zero-order valence-electron chi connectivity index (χ0n) is 9.84. The highest BCUT2D eigenvalue weighted by atomic mass is 16.6. The van der Waals surface area contributed by atoms with Crippen LogP contribution >= 0.6 is 0 Å². The Bertz CT molecular complexity index is 496. The number of ketones is 1. The topological polar surface area (TPSA) is 95.7 Å². The number of carbonyl (C=O) groups excluding carboxylic acids is 2. The smallest absolute Gasteiger partial charge is 0.341 e. The first-order valence-electron chi connectivity index (χ1n) is 4.95. The van der Waals surface area contributed by atoms with Crippen molar-refractivity contribution in [1.29, 1.82) is 0 Å². The molecule has 0 saturated heterocycles. The van der Waals surface area contributed by atoms with Gasteiger partial charge in [0.1, 0.15) is 12.2 Å².